The number of hydrogen-bond donors (Lipinski definition) is 0. The van der Waals surface area contributed by atoms with Crippen molar-refractivity contribution < 1.29 is 4.43 Å². The predicted octanol–water partition coefficient (Wildman–Crippen LogP) is 4.20. The van der Waals surface area contributed by atoms with E-state index in [0.29, 0.717) is 5.04 Å². The van der Waals surface area contributed by atoms with Gasteiger partial charge in [-0.05, 0) is 36.9 Å². The van der Waals surface area contributed by atoms with Crippen LogP contribution in [0.25, 0.3) is 0 Å². The molecule has 0 aromatic heterocycles. The lowest BCUT2D eigenvalue weighted by Gasteiger charge is -2.39. The molecule has 0 saturated heterocycles. The number of hydrogen-bond acceptors (Lipinski definition) is 1. The van der Waals surface area contributed by atoms with Gasteiger partial charge in [-0.25, -0.2) is 0 Å². The van der Waals surface area contributed by atoms with E-state index < -0.39 is 8.32 Å². The molecule has 1 aliphatic carbocycles. The molecule has 1 aliphatic rings. The second-order valence-corrected chi connectivity index (χ2v) is 11.1. The van der Waals surface area contributed by atoms with E-state index in [1.807, 2.05) is 0 Å². The van der Waals surface area contributed by atoms with E-state index >= 15 is 0 Å². The largest absolute Gasteiger partial charge is 0.411 e. The minimum atomic E-state index is -1.54. The summed E-state index contributed by atoms with van der Waals surface area (Å²) in [5, 5.41) is 0.345. The van der Waals surface area contributed by atoms with Crippen LogP contribution in [0.2, 0.25) is 18.1 Å². The van der Waals surface area contributed by atoms with Gasteiger partial charge in [-0.1, -0.05) is 34.6 Å². The lowest BCUT2D eigenvalue weighted by atomic mass is 10.2. The molecule has 0 bridgehead atoms. The zero-order valence-corrected chi connectivity index (χ0v) is 11.9. The smallest absolute Gasteiger partial charge is 0.192 e. The van der Waals surface area contributed by atoms with E-state index in [1.165, 1.54) is 12.8 Å². The molecule has 0 heterocycles. The Labute approximate surface area is 90.4 Å². The SMILES string of the molecule is CC[C@]1(O[Si](C)(C)C(C)(C)C)C[C@@H]1C. The molecule has 1 nitrogen and oxygen atoms in total. The van der Waals surface area contributed by atoms with Crippen LogP contribution >= 0.6 is 0 Å². The maximum atomic E-state index is 6.50. The normalized spacial score (nSPS) is 33.2. The fourth-order valence-electron chi connectivity index (χ4n) is 1.83. The first kappa shape index (κ1) is 12.2. The van der Waals surface area contributed by atoms with E-state index in [9.17, 15) is 0 Å². The quantitative estimate of drug-likeness (QED) is 0.640. The molecule has 0 unspecified atom stereocenters. The highest BCUT2D eigenvalue weighted by Crippen LogP contribution is 2.53. The first-order valence-electron chi connectivity index (χ1n) is 5.85. The molecule has 0 amide bonds. The Morgan fingerprint density at radius 3 is 2.00 bits per heavy atom. The van der Waals surface area contributed by atoms with Crippen LogP contribution in [0, 0.1) is 5.92 Å². The standard InChI is InChI=1S/C12H26OSi/c1-8-12(9-10(12)2)13-14(6,7)11(3,4)5/h10H,8-9H2,1-7H3/t10-,12-/m0/s1. The third kappa shape index (κ3) is 2.06. The zero-order chi connectivity index (χ0) is 11.2. The molecule has 84 valence electrons. The molecule has 2 atom stereocenters. The minimum absolute atomic E-state index is 0.253. The minimum Gasteiger partial charge on any atom is -0.411 e. The summed E-state index contributed by atoms with van der Waals surface area (Å²) in [4.78, 5) is 0. The zero-order valence-electron chi connectivity index (χ0n) is 10.9. The predicted molar refractivity (Wildman–Crippen MR) is 65.1 cm³/mol. The van der Waals surface area contributed by atoms with Gasteiger partial charge in [0.1, 0.15) is 0 Å². The topological polar surface area (TPSA) is 9.23 Å². The highest BCUT2D eigenvalue weighted by molar-refractivity contribution is 6.74. The Balaban J connectivity index is 2.69. The molecule has 14 heavy (non-hydrogen) atoms. The maximum Gasteiger partial charge on any atom is 0.192 e. The second-order valence-electron chi connectivity index (χ2n) is 6.39. The molecule has 0 aliphatic heterocycles. The van der Waals surface area contributed by atoms with Crippen molar-refractivity contribution in [2.45, 2.75) is 71.2 Å². The van der Waals surface area contributed by atoms with Crippen molar-refractivity contribution in [2.24, 2.45) is 5.92 Å². The lowest BCUT2D eigenvalue weighted by Crippen LogP contribution is -2.45. The van der Waals surface area contributed by atoms with Gasteiger partial charge in [0.05, 0.1) is 5.60 Å². The van der Waals surface area contributed by atoms with Crippen molar-refractivity contribution in [3.63, 3.8) is 0 Å². The van der Waals surface area contributed by atoms with Gasteiger partial charge in [0.2, 0.25) is 0 Å². The van der Waals surface area contributed by atoms with Crippen LogP contribution in [0.3, 0.4) is 0 Å². The Bertz CT molecular complexity index is 213. The molecule has 0 N–H and O–H groups in total. The van der Waals surface area contributed by atoms with E-state index in [2.05, 4.69) is 47.7 Å². The maximum absolute atomic E-state index is 6.50. The van der Waals surface area contributed by atoms with Crippen LogP contribution < -0.4 is 0 Å². The molecular weight excluding hydrogens is 188 g/mol. The molecular formula is C12H26OSi. The van der Waals surface area contributed by atoms with E-state index in [0.717, 1.165) is 5.92 Å². The van der Waals surface area contributed by atoms with Gasteiger partial charge in [0, 0.05) is 0 Å². The molecule has 1 fully saturated rings. The van der Waals surface area contributed by atoms with Gasteiger partial charge in [0.25, 0.3) is 0 Å². The fraction of sp³-hybridized carbons (Fsp3) is 1.00. The molecule has 0 aromatic carbocycles. The molecule has 1 rings (SSSR count). The third-order valence-electron chi connectivity index (χ3n) is 4.25. The number of rotatable bonds is 3. The molecule has 1 saturated carbocycles. The van der Waals surface area contributed by atoms with E-state index in [1.54, 1.807) is 0 Å². The summed E-state index contributed by atoms with van der Waals surface area (Å²) < 4.78 is 6.50. The van der Waals surface area contributed by atoms with Crippen molar-refractivity contribution in [2.75, 3.05) is 0 Å². The van der Waals surface area contributed by atoms with Crippen LogP contribution in [0.5, 0.6) is 0 Å². The summed E-state index contributed by atoms with van der Waals surface area (Å²) in [6, 6.07) is 0. The van der Waals surface area contributed by atoms with Gasteiger partial charge >= 0.3 is 0 Å². The molecule has 0 spiro atoms. The first-order chi connectivity index (χ1) is 6.15. The fourth-order valence-corrected chi connectivity index (χ4v) is 3.58. The molecule has 0 aromatic rings. The Hall–Kier alpha value is 0.177. The van der Waals surface area contributed by atoms with Crippen molar-refractivity contribution in [1.29, 1.82) is 0 Å². The second kappa shape index (κ2) is 3.34. The van der Waals surface area contributed by atoms with E-state index in [-0.39, 0.29) is 5.60 Å². The van der Waals surface area contributed by atoms with Gasteiger partial charge in [0.15, 0.2) is 8.32 Å². The highest BCUT2D eigenvalue weighted by atomic mass is 28.4. The average Bonchev–Trinajstić information content (AvgIpc) is 2.59. The van der Waals surface area contributed by atoms with Crippen LogP contribution in [0.15, 0.2) is 0 Å². The molecule has 0 radical (unpaired) electrons. The average molecular weight is 214 g/mol. The van der Waals surface area contributed by atoms with Crippen molar-refractivity contribution in [3.05, 3.63) is 0 Å². The van der Waals surface area contributed by atoms with Crippen LogP contribution in [-0.2, 0) is 4.43 Å². The monoisotopic (exact) mass is 214 g/mol. The summed E-state index contributed by atoms with van der Waals surface area (Å²) in [5.74, 6) is 0.779. The summed E-state index contributed by atoms with van der Waals surface area (Å²) in [5.41, 5.74) is 0.253. The van der Waals surface area contributed by atoms with Gasteiger partial charge in [-0.15, -0.1) is 0 Å². The molecule has 2 heteroatoms. The van der Waals surface area contributed by atoms with Crippen molar-refractivity contribution in [1.82, 2.24) is 0 Å². The van der Waals surface area contributed by atoms with Crippen LogP contribution in [-0.4, -0.2) is 13.9 Å². The summed E-state index contributed by atoms with van der Waals surface area (Å²) in [6.07, 6.45) is 2.46. The van der Waals surface area contributed by atoms with Gasteiger partial charge < -0.3 is 4.43 Å². The van der Waals surface area contributed by atoms with Gasteiger partial charge in [-0.3, -0.25) is 0 Å². The third-order valence-corrected chi connectivity index (χ3v) is 8.78. The first-order valence-corrected chi connectivity index (χ1v) is 8.75. The summed E-state index contributed by atoms with van der Waals surface area (Å²) >= 11 is 0. The Morgan fingerprint density at radius 2 is 1.79 bits per heavy atom. The van der Waals surface area contributed by atoms with Gasteiger partial charge in [-0.2, -0.15) is 0 Å². The Kier molecular flexibility index (Phi) is 2.92. The summed E-state index contributed by atoms with van der Waals surface area (Å²) in [7, 11) is -1.54. The van der Waals surface area contributed by atoms with Crippen molar-refractivity contribution in [3.8, 4) is 0 Å². The lowest BCUT2D eigenvalue weighted by molar-refractivity contribution is 0.138. The van der Waals surface area contributed by atoms with Crippen molar-refractivity contribution >= 4 is 8.32 Å². The van der Waals surface area contributed by atoms with Crippen LogP contribution in [0.4, 0.5) is 0 Å². The summed E-state index contributed by atoms with van der Waals surface area (Å²) in [6.45, 7) is 16.2. The van der Waals surface area contributed by atoms with Crippen LogP contribution in [0.1, 0.15) is 47.5 Å². The Morgan fingerprint density at radius 1 is 1.36 bits per heavy atom. The highest BCUT2D eigenvalue weighted by Gasteiger charge is 2.55. The van der Waals surface area contributed by atoms with E-state index in [4.69, 9.17) is 4.43 Å².